The summed E-state index contributed by atoms with van der Waals surface area (Å²) in [6.07, 6.45) is 13.1. The van der Waals surface area contributed by atoms with Crippen molar-refractivity contribution in [2.24, 2.45) is 0 Å². The largest absolute Gasteiger partial charge is 0.744 e. The average Bonchev–Trinajstić information content (AvgIpc) is 3.81. The average molecular weight is 1040 g/mol. The normalized spacial score (nSPS) is 18.7. The molecule has 4 aliphatic heterocycles. The zero-order valence-corrected chi connectivity index (χ0v) is 43.0. The van der Waals surface area contributed by atoms with Crippen molar-refractivity contribution in [2.75, 3.05) is 37.7 Å². The van der Waals surface area contributed by atoms with Crippen LogP contribution in [-0.4, -0.2) is 115 Å². The number of benzene rings is 3. The molecule has 1 unspecified atom stereocenters. The molecule has 73 heavy (non-hydrogen) atoms. The van der Waals surface area contributed by atoms with Gasteiger partial charge < -0.3 is 24.8 Å². The number of fused-ring (bicyclic) bond motifs is 3. The molecule has 388 valence electrons. The van der Waals surface area contributed by atoms with Crippen molar-refractivity contribution in [3.05, 3.63) is 113 Å². The van der Waals surface area contributed by atoms with Gasteiger partial charge in [-0.1, -0.05) is 38.1 Å². The van der Waals surface area contributed by atoms with E-state index in [9.17, 15) is 54.7 Å². The molecule has 3 aromatic carbocycles. The van der Waals surface area contributed by atoms with E-state index < -0.39 is 73.3 Å². The highest BCUT2D eigenvalue weighted by molar-refractivity contribution is 7.86. The molecule has 0 aromatic heterocycles. The molecule has 21 heteroatoms. The Morgan fingerprint density at radius 2 is 1.55 bits per heavy atom. The number of hydrogen-bond acceptors (Lipinski definition) is 13. The van der Waals surface area contributed by atoms with Crippen molar-refractivity contribution < 1.29 is 64.0 Å². The van der Waals surface area contributed by atoms with Gasteiger partial charge in [-0.05, 0) is 107 Å². The number of imide groups is 2. The van der Waals surface area contributed by atoms with Gasteiger partial charge in [0, 0.05) is 73.4 Å². The highest BCUT2D eigenvalue weighted by atomic mass is 32.2. The highest BCUT2D eigenvalue weighted by Gasteiger charge is 2.47. The predicted molar refractivity (Wildman–Crippen MR) is 268 cm³/mol. The zero-order valence-electron chi connectivity index (χ0n) is 41.4. The van der Waals surface area contributed by atoms with E-state index in [4.69, 9.17) is 4.74 Å². The molecule has 0 saturated carbocycles. The van der Waals surface area contributed by atoms with E-state index >= 15 is 0 Å². The van der Waals surface area contributed by atoms with E-state index in [1.807, 2.05) is 65.0 Å². The lowest BCUT2D eigenvalue weighted by atomic mass is 9.81. The SMILES string of the molecule is CCN1\C(=C/C=C/C=C\C2=[N+](CCCCCC(=O)NCCCCNC(=O)COc3cccc4c3C(=O)N(C3CCC(=O)NC3=O)C4=O)c3ccc(S(=O)(=O)O)cc3C2(C)C)C(C)(C)c2cc(S(=O)(=O)[O-])ccc21. The summed E-state index contributed by atoms with van der Waals surface area (Å²) in [5, 5.41) is 7.80. The maximum atomic E-state index is 13.3. The number of hydrogen-bond donors (Lipinski definition) is 4. The number of rotatable bonds is 21. The molecule has 1 atom stereocenters. The quantitative estimate of drug-likeness (QED) is 0.0357. The minimum Gasteiger partial charge on any atom is -0.744 e. The number of carbonyl (C=O) groups excluding carboxylic acids is 6. The van der Waals surface area contributed by atoms with E-state index in [1.54, 1.807) is 12.1 Å². The molecule has 0 spiro atoms. The van der Waals surface area contributed by atoms with Crippen LogP contribution in [0.15, 0.2) is 100 Å². The number of unbranched alkanes of at least 4 members (excludes halogenated alkanes) is 3. The third kappa shape index (κ3) is 11.5. The van der Waals surface area contributed by atoms with Gasteiger partial charge in [-0.25, -0.2) is 8.42 Å². The van der Waals surface area contributed by atoms with Crippen LogP contribution in [0.2, 0.25) is 0 Å². The number of nitrogens with zero attached hydrogens (tertiary/aromatic N) is 3. The molecule has 19 nitrogen and oxygen atoms in total. The summed E-state index contributed by atoms with van der Waals surface area (Å²) in [4.78, 5) is 78.1. The first-order chi connectivity index (χ1) is 34.5. The first-order valence-electron chi connectivity index (χ1n) is 24.2. The molecule has 0 aliphatic carbocycles. The van der Waals surface area contributed by atoms with Crippen LogP contribution in [0, 0.1) is 0 Å². The second-order valence-corrected chi connectivity index (χ2v) is 22.0. The van der Waals surface area contributed by atoms with Crippen LogP contribution in [0.4, 0.5) is 11.4 Å². The van der Waals surface area contributed by atoms with Crippen LogP contribution in [0.1, 0.15) is 118 Å². The Hall–Kier alpha value is -6.81. The van der Waals surface area contributed by atoms with Gasteiger partial charge in [0.25, 0.3) is 27.8 Å². The standard InChI is InChI=1S/C52H60N6O13S2/c1-6-56-38-23-21-33(72(65,66)67)30-36(38)51(2,3)42(56)18-9-7-10-19-43-52(4,5)37-31-34(73(68,69)70)22-24-39(37)57(43)29-14-8-11-20-44(59)53-27-12-13-28-54-46(61)32-71-41-17-15-16-35-47(41)50(64)58(49(35)63)40-25-26-45(60)55-48(40)62/h7,9-10,15-19,21-24,30-31,40H,6,8,11-14,20,25-29,32H2,1-5H3,(H4-,53,54,55,59,60,61,62,65,66,67,68,69,70). The summed E-state index contributed by atoms with van der Waals surface area (Å²) in [5.41, 5.74) is 3.68. The summed E-state index contributed by atoms with van der Waals surface area (Å²) in [7, 11) is -9.09. The summed E-state index contributed by atoms with van der Waals surface area (Å²) in [6.45, 7) is 11.4. The molecule has 1 fully saturated rings. The van der Waals surface area contributed by atoms with Gasteiger partial charge >= 0.3 is 0 Å². The lowest BCUT2D eigenvalue weighted by Crippen LogP contribution is -2.54. The van der Waals surface area contributed by atoms with Crippen LogP contribution in [0.3, 0.4) is 0 Å². The molecular weight excluding hydrogens is 981 g/mol. The predicted octanol–water partition coefficient (Wildman–Crippen LogP) is 5.08. The van der Waals surface area contributed by atoms with Crippen molar-refractivity contribution >= 4 is 72.8 Å². The van der Waals surface area contributed by atoms with E-state index in [0.717, 1.165) is 45.2 Å². The van der Waals surface area contributed by atoms with Crippen molar-refractivity contribution in [1.29, 1.82) is 0 Å². The Kier molecular flexibility index (Phi) is 16.1. The van der Waals surface area contributed by atoms with Gasteiger partial charge in [0.15, 0.2) is 12.3 Å². The molecule has 6 amide bonds. The topological polar surface area (TPSA) is 269 Å². The smallest absolute Gasteiger partial charge is 0.294 e. The fourth-order valence-electron chi connectivity index (χ4n) is 9.89. The molecule has 0 radical (unpaired) electrons. The Morgan fingerprint density at radius 1 is 0.849 bits per heavy atom. The van der Waals surface area contributed by atoms with Crippen molar-refractivity contribution in [3.8, 4) is 5.75 Å². The summed E-state index contributed by atoms with van der Waals surface area (Å²) in [6, 6.07) is 12.3. The fourth-order valence-corrected chi connectivity index (χ4v) is 10.9. The molecule has 7 rings (SSSR count). The molecular formula is C52H60N6O13S2. The van der Waals surface area contributed by atoms with E-state index in [-0.39, 0.29) is 45.4 Å². The zero-order chi connectivity index (χ0) is 53.0. The van der Waals surface area contributed by atoms with Gasteiger partial charge in [-0.3, -0.25) is 43.5 Å². The van der Waals surface area contributed by atoms with Crippen molar-refractivity contribution in [3.63, 3.8) is 0 Å². The first-order valence-corrected chi connectivity index (χ1v) is 27.0. The fraction of sp³-hybridized carbons (Fsp3) is 0.404. The maximum absolute atomic E-state index is 13.3. The van der Waals surface area contributed by atoms with Crippen LogP contribution in [0.5, 0.6) is 5.75 Å². The monoisotopic (exact) mass is 1040 g/mol. The number of nitrogens with one attached hydrogen (secondary N) is 3. The minimum absolute atomic E-state index is 0.00854. The van der Waals surface area contributed by atoms with Crippen molar-refractivity contribution in [2.45, 2.75) is 113 Å². The lowest BCUT2D eigenvalue weighted by Gasteiger charge is -2.27. The second-order valence-electron chi connectivity index (χ2n) is 19.2. The Balaban J connectivity index is 0.870. The number of likely N-dealkylation sites (N-methyl/N-ethyl adjacent to an activating group) is 1. The third-order valence-corrected chi connectivity index (χ3v) is 15.4. The third-order valence-electron chi connectivity index (χ3n) is 13.7. The van der Waals surface area contributed by atoms with Gasteiger partial charge in [0.1, 0.15) is 28.5 Å². The second kappa shape index (κ2) is 21.7. The number of carbonyl (C=O) groups is 6. The maximum Gasteiger partial charge on any atom is 0.294 e. The number of anilines is 1. The number of piperidine rings is 1. The van der Waals surface area contributed by atoms with Crippen LogP contribution < -0.4 is 25.6 Å². The molecule has 4 heterocycles. The van der Waals surface area contributed by atoms with Gasteiger partial charge in [0.05, 0.1) is 26.3 Å². The van der Waals surface area contributed by atoms with Gasteiger partial charge in [-0.2, -0.15) is 13.0 Å². The van der Waals surface area contributed by atoms with Gasteiger partial charge in [0.2, 0.25) is 23.4 Å². The van der Waals surface area contributed by atoms with E-state index in [2.05, 4.69) is 25.4 Å². The Morgan fingerprint density at radius 3 is 2.23 bits per heavy atom. The highest BCUT2D eigenvalue weighted by Crippen LogP contribution is 2.48. The van der Waals surface area contributed by atoms with Crippen LogP contribution >= 0.6 is 0 Å². The Labute approximate surface area is 424 Å². The molecule has 4 N–H and O–H groups in total. The first kappa shape index (κ1) is 54.0. The van der Waals surface area contributed by atoms with Crippen LogP contribution in [-0.2, 0) is 50.2 Å². The molecule has 4 aliphatic rings. The summed E-state index contributed by atoms with van der Waals surface area (Å²) < 4.78 is 77.4. The van der Waals surface area contributed by atoms with Crippen LogP contribution in [0.25, 0.3) is 0 Å². The van der Waals surface area contributed by atoms with Crippen molar-refractivity contribution in [1.82, 2.24) is 20.9 Å². The minimum atomic E-state index is -4.63. The molecule has 3 aromatic rings. The Bertz CT molecular complexity index is 3120. The number of ether oxygens (including phenoxy) is 1. The molecule has 0 bridgehead atoms. The lowest BCUT2D eigenvalue weighted by molar-refractivity contribution is -0.438. The van der Waals surface area contributed by atoms with E-state index in [0.29, 0.717) is 58.3 Å². The number of amides is 6. The molecule has 1 saturated heterocycles. The summed E-state index contributed by atoms with van der Waals surface area (Å²) in [5.74, 6) is -3.19. The van der Waals surface area contributed by atoms with Gasteiger partial charge in [-0.15, -0.1) is 0 Å². The summed E-state index contributed by atoms with van der Waals surface area (Å²) >= 11 is 0. The van der Waals surface area contributed by atoms with E-state index in [1.165, 1.54) is 42.5 Å². The number of allylic oxidation sites excluding steroid dienone is 6.